The highest BCUT2D eigenvalue weighted by Gasteiger charge is 2.02. The fourth-order valence-corrected chi connectivity index (χ4v) is 3.41. The Morgan fingerprint density at radius 2 is 0.862 bits per heavy atom. The van der Waals surface area contributed by atoms with Crippen molar-refractivity contribution in [2.24, 2.45) is 0 Å². The molecule has 0 saturated carbocycles. The van der Waals surface area contributed by atoms with Gasteiger partial charge in [0, 0.05) is 0 Å². The Labute approximate surface area is 182 Å². The van der Waals surface area contributed by atoms with Crippen molar-refractivity contribution in [2.45, 2.75) is 136 Å². The first-order valence-electron chi connectivity index (χ1n) is 12.8. The van der Waals surface area contributed by atoms with Crippen LogP contribution in [0.4, 0.5) is 4.79 Å². The van der Waals surface area contributed by atoms with Crippen molar-refractivity contribution < 1.29 is 14.3 Å². The number of hydrogen-bond acceptors (Lipinski definition) is 3. The summed E-state index contributed by atoms with van der Waals surface area (Å²) >= 11 is 0. The van der Waals surface area contributed by atoms with Gasteiger partial charge in [0.05, 0.1) is 13.2 Å². The normalized spacial score (nSPS) is 11.2. The van der Waals surface area contributed by atoms with Crippen LogP contribution in [0.3, 0.4) is 0 Å². The second-order valence-corrected chi connectivity index (χ2v) is 8.30. The van der Waals surface area contributed by atoms with Crippen LogP contribution in [0.5, 0.6) is 0 Å². The molecule has 0 aliphatic heterocycles. The molecule has 3 heteroatoms. The molecule has 0 N–H and O–H groups in total. The van der Waals surface area contributed by atoms with Crippen molar-refractivity contribution in [2.75, 3.05) is 13.2 Å². The van der Waals surface area contributed by atoms with E-state index in [4.69, 9.17) is 9.47 Å². The Balaban J connectivity index is 3.16. The van der Waals surface area contributed by atoms with Gasteiger partial charge in [0.2, 0.25) is 0 Å². The second kappa shape index (κ2) is 25.0. The third kappa shape index (κ3) is 25.0. The summed E-state index contributed by atoms with van der Waals surface area (Å²) in [5, 5.41) is 0. The van der Waals surface area contributed by atoms with Gasteiger partial charge in [-0.1, -0.05) is 109 Å². The molecule has 172 valence electrons. The zero-order valence-corrected chi connectivity index (χ0v) is 19.7. The molecule has 0 unspecified atom stereocenters. The van der Waals surface area contributed by atoms with Gasteiger partial charge in [-0.25, -0.2) is 4.79 Å². The molecular weight excluding hydrogens is 360 g/mol. The lowest BCUT2D eigenvalue weighted by Gasteiger charge is -2.06. The highest BCUT2D eigenvalue weighted by atomic mass is 16.7. The van der Waals surface area contributed by atoms with Gasteiger partial charge in [-0.3, -0.25) is 0 Å². The molecule has 0 fully saturated rings. The van der Waals surface area contributed by atoms with Crippen LogP contribution < -0.4 is 0 Å². The van der Waals surface area contributed by atoms with Gasteiger partial charge in [0.25, 0.3) is 0 Å². The van der Waals surface area contributed by atoms with Crippen LogP contribution >= 0.6 is 0 Å². The summed E-state index contributed by atoms with van der Waals surface area (Å²) in [4.78, 5) is 11.3. The highest BCUT2D eigenvalue weighted by molar-refractivity contribution is 5.59. The zero-order valence-electron chi connectivity index (χ0n) is 19.7. The summed E-state index contributed by atoms with van der Waals surface area (Å²) in [6.07, 6.45) is 28.3. The first-order valence-corrected chi connectivity index (χ1v) is 12.8. The minimum Gasteiger partial charge on any atom is -0.434 e. The van der Waals surface area contributed by atoms with E-state index in [1.807, 2.05) is 0 Å². The summed E-state index contributed by atoms with van der Waals surface area (Å²) < 4.78 is 10.1. The maximum atomic E-state index is 11.3. The molecule has 0 amide bonds. The average molecular weight is 411 g/mol. The Morgan fingerprint density at radius 3 is 1.34 bits per heavy atom. The minimum atomic E-state index is -0.500. The van der Waals surface area contributed by atoms with Gasteiger partial charge in [0.15, 0.2) is 0 Å². The standard InChI is InChI=1S/C26H50O3/c1-3-5-7-8-9-10-11-12-13-14-15-16-17-18-19-20-21-23-25-29-26(27)28-24-22-6-4-2/h14-15H,3-13,16-25H2,1-2H3. The van der Waals surface area contributed by atoms with E-state index in [1.54, 1.807) is 0 Å². The molecule has 0 atom stereocenters. The van der Waals surface area contributed by atoms with Crippen LogP contribution in [0.25, 0.3) is 0 Å². The lowest BCUT2D eigenvalue weighted by molar-refractivity contribution is 0.0530. The van der Waals surface area contributed by atoms with Crippen LogP contribution in [0.1, 0.15) is 136 Å². The fraction of sp³-hybridized carbons (Fsp3) is 0.885. The summed E-state index contributed by atoms with van der Waals surface area (Å²) in [5.41, 5.74) is 0. The summed E-state index contributed by atoms with van der Waals surface area (Å²) in [7, 11) is 0. The number of rotatable bonds is 22. The zero-order chi connectivity index (χ0) is 21.3. The molecule has 0 radical (unpaired) electrons. The topological polar surface area (TPSA) is 35.5 Å². The van der Waals surface area contributed by atoms with Crippen molar-refractivity contribution in [1.82, 2.24) is 0 Å². The Bertz CT molecular complexity index is 352. The Hall–Kier alpha value is -0.990. The molecule has 0 bridgehead atoms. The van der Waals surface area contributed by atoms with Crippen LogP contribution in [-0.4, -0.2) is 19.4 Å². The van der Waals surface area contributed by atoms with Crippen LogP contribution in [0.15, 0.2) is 12.2 Å². The van der Waals surface area contributed by atoms with Gasteiger partial charge >= 0.3 is 6.16 Å². The van der Waals surface area contributed by atoms with Crippen LogP contribution in [0, 0.1) is 0 Å². The molecule has 3 nitrogen and oxygen atoms in total. The van der Waals surface area contributed by atoms with Gasteiger partial charge in [0.1, 0.15) is 0 Å². The maximum absolute atomic E-state index is 11.3. The van der Waals surface area contributed by atoms with E-state index < -0.39 is 6.16 Å². The van der Waals surface area contributed by atoms with Crippen molar-refractivity contribution >= 4 is 6.16 Å². The molecule has 0 spiro atoms. The Kier molecular flexibility index (Phi) is 24.2. The van der Waals surface area contributed by atoms with Gasteiger partial charge < -0.3 is 9.47 Å². The van der Waals surface area contributed by atoms with Gasteiger partial charge in [-0.05, 0) is 38.5 Å². The van der Waals surface area contributed by atoms with Crippen LogP contribution in [0.2, 0.25) is 0 Å². The Morgan fingerprint density at radius 1 is 0.517 bits per heavy atom. The van der Waals surface area contributed by atoms with Crippen LogP contribution in [-0.2, 0) is 9.47 Å². The number of carbonyl (C=O) groups excluding carboxylic acids is 1. The molecular formula is C26H50O3. The number of ether oxygens (including phenoxy) is 2. The number of unbranched alkanes of at least 4 members (excludes halogenated alkanes) is 16. The van der Waals surface area contributed by atoms with E-state index in [9.17, 15) is 4.79 Å². The second-order valence-electron chi connectivity index (χ2n) is 8.30. The minimum absolute atomic E-state index is 0.486. The quantitative estimate of drug-likeness (QED) is 0.101. The molecule has 0 rings (SSSR count). The number of carbonyl (C=O) groups is 1. The first kappa shape index (κ1) is 28.0. The SMILES string of the molecule is CCCCCCCCCCC=CCCCCCCCCOC(=O)OCCCCC. The summed E-state index contributed by atoms with van der Waals surface area (Å²) in [6.45, 7) is 5.39. The third-order valence-corrected chi connectivity index (χ3v) is 5.34. The smallest absolute Gasteiger partial charge is 0.434 e. The first-order chi connectivity index (χ1) is 14.3. The van der Waals surface area contributed by atoms with Crippen molar-refractivity contribution in [3.8, 4) is 0 Å². The molecule has 0 saturated heterocycles. The highest BCUT2D eigenvalue weighted by Crippen LogP contribution is 2.11. The van der Waals surface area contributed by atoms with Crippen molar-refractivity contribution in [3.05, 3.63) is 12.2 Å². The molecule has 0 aromatic carbocycles. The largest absolute Gasteiger partial charge is 0.508 e. The van der Waals surface area contributed by atoms with E-state index >= 15 is 0 Å². The summed E-state index contributed by atoms with van der Waals surface area (Å²) in [6, 6.07) is 0. The fourth-order valence-electron chi connectivity index (χ4n) is 3.41. The molecule has 0 aromatic rings. The lowest BCUT2D eigenvalue weighted by Crippen LogP contribution is -2.09. The molecule has 0 aromatic heterocycles. The van der Waals surface area contributed by atoms with E-state index in [0.29, 0.717) is 13.2 Å². The third-order valence-electron chi connectivity index (χ3n) is 5.34. The lowest BCUT2D eigenvalue weighted by atomic mass is 10.1. The molecule has 0 aliphatic rings. The number of hydrogen-bond donors (Lipinski definition) is 0. The van der Waals surface area contributed by atoms with E-state index in [-0.39, 0.29) is 0 Å². The summed E-state index contributed by atoms with van der Waals surface area (Å²) in [5.74, 6) is 0. The molecule has 0 heterocycles. The van der Waals surface area contributed by atoms with E-state index in [0.717, 1.165) is 32.1 Å². The van der Waals surface area contributed by atoms with Gasteiger partial charge in [-0.2, -0.15) is 0 Å². The van der Waals surface area contributed by atoms with E-state index in [1.165, 1.54) is 89.9 Å². The van der Waals surface area contributed by atoms with E-state index in [2.05, 4.69) is 26.0 Å². The van der Waals surface area contributed by atoms with Crippen molar-refractivity contribution in [1.29, 1.82) is 0 Å². The van der Waals surface area contributed by atoms with Crippen molar-refractivity contribution in [3.63, 3.8) is 0 Å². The molecule has 29 heavy (non-hydrogen) atoms. The number of allylic oxidation sites excluding steroid dienone is 2. The maximum Gasteiger partial charge on any atom is 0.508 e. The average Bonchev–Trinajstić information content (AvgIpc) is 2.73. The predicted octanol–water partition coefficient (Wildman–Crippen LogP) is 9.15. The monoisotopic (exact) mass is 410 g/mol. The molecule has 0 aliphatic carbocycles. The van der Waals surface area contributed by atoms with Gasteiger partial charge in [-0.15, -0.1) is 0 Å². The predicted molar refractivity (Wildman–Crippen MR) is 126 cm³/mol.